The van der Waals surface area contributed by atoms with E-state index in [0.29, 0.717) is 25.9 Å². The fraction of sp³-hybridized carbons (Fsp3) is 0.306. The molecule has 1 saturated heterocycles. The number of nitrogens with zero attached hydrogens (tertiary/aromatic N) is 3. The van der Waals surface area contributed by atoms with Crippen LogP contribution >= 0.6 is 0 Å². The van der Waals surface area contributed by atoms with Crippen LogP contribution in [0.4, 0.5) is 0 Å². The van der Waals surface area contributed by atoms with Gasteiger partial charge in [0.2, 0.25) is 5.91 Å². The summed E-state index contributed by atoms with van der Waals surface area (Å²) >= 11 is 0. The van der Waals surface area contributed by atoms with Gasteiger partial charge in [0.1, 0.15) is 11.6 Å². The third-order valence-corrected chi connectivity index (χ3v) is 9.04. The molecule has 1 fully saturated rings. The second-order valence-electron chi connectivity index (χ2n) is 11.9. The number of carbonyl (C=O) groups is 1. The van der Waals surface area contributed by atoms with E-state index in [1.54, 1.807) is 7.11 Å². The van der Waals surface area contributed by atoms with Crippen LogP contribution in [0, 0.1) is 5.92 Å². The molecule has 4 N–H and O–H groups in total. The lowest BCUT2D eigenvalue weighted by atomic mass is 9.97. The van der Waals surface area contributed by atoms with Gasteiger partial charge in [0.25, 0.3) is 0 Å². The van der Waals surface area contributed by atoms with Crippen molar-refractivity contribution < 1.29 is 9.53 Å². The highest BCUT2D eigenvalue weighted by atomic mass is 16.5. The maximum Gasteiger partial charge on any atom is 0.224 e. The summed E-state index contributed by atoms with van der Waals surface area (Å²) in [5.74, 6) is 2.47. The molecule has 0 bridgehead atoms. The third kappa shape index (κ3) is 6.21. The largest absolute Gasteiger partial charge is 0.497 e. The quantitative estimate of drug-likeness (QED) is 0.157. The van der Waals surface area contributed by atoms with Crippen molar-refractivity contribution in [2.24, 2.45) is 5.92 Å². The van der Waals surface area contributed by atoms with Gasteiger partial charge in [-0.2, -0.15) is 0 Å². The van der Waals surface area contributed by atoms with Crippen molar-refractivity contribution in [3.8, 4) is 5.75 Å². The zero-order valence-corrected chi connectivity index (χ0v) is 25.6. The van der Waals surface area contributed by atoms with Gasteiger partial charge >= 0.3 is 0 Å². The summed E-state index contributed by atoms with van der Waals surface area (Å²) < 4.78 is 7.61. The molecule has 0 spiro atoms. The second kappa shape index (κ2) is 13.0. The zero-order valence-electron chi connectivity index (χ0n) is 25.6. The number of para-hydroxylation sites is 2. The van der Waals surface area contributed by atoms with Crippen LogP contribution in [0.25, 0.3) is 21.8 Å². The van der Waals surface area contributed by atoms with Crippen LogP contribution in [0.2, 0.25) is 0 Å². The molecule has 3 aromatic heterocycles. The van der Waals surface area contributed by atoms with Gasteiger partial charge in [-0.05, 0) is 66.8 Å². The molecule has 0 aliphatic carbocycles. The first-order chi connectivity index (χ1) is 22.2. The van der Waals surface area contributed by atoms with Gasteiger partial charge in [-0.25, -0.2) is 0 Å². The Morgan fingerprint density at radius 1 is 0.933 bits per heavy atom. The van der Waals surface area contributed by atoms with E-state index in [0.717, 1.165) is 70.8 Å². The van der Waals surface area contributed by atoms with Crippen LogP contribution < -0.4 is 15.4 Å². The molecule has 0 radical (unpaired) electrons. The van der Waals surface area contributed by atoms with Gasteiger partial charge in [-0.3, -0.25) is 4.79 Å². The normalized spacial score (nSPS) is 15.8. The number of benzene rings is 3. The Morgan fingerprint density at radius 2 is 1.64 bits per heavy atom. The number of fused-ring (bicyclic) bond motifs is 2. The van der Waals surface area contributed by atoms with Gasteiger partial charge in [0.05, 0.1) is 25.6 Å². The van der Waals surface area contributed by atoms with Crippen molar-refractivity contribution in [3.63, 3.8) is 0 Å². The number of carbonyl (C=O) groups excluding carboxylic acids is 1. The lowest BCUT2D eigenvalue weighted by molar-refractivity contribution is -0.126. The number of aromatic nitrogens is 5. The number of aromatic amines is 2. The van der Waals surface area contributed by atoms with E-state index < -0.39 is 0 Å². The first-order valence-electron chi connectivity index (χ1n) is 15.8. The highest BCUT2D eigenvalue weighted by Crippen LogP contribution is 2.27. The zero-order chi connectivity index (χ0) is 30.6. The number of H-pyrrole nitrogens is 2. The molecule has 4 heterocycles. The SMILES string of the molecule is COc1ccc(Cn2c(CCc3c[nH]c4ccccc34)nnc2[C@@H](Cc2c[nH]c3ccccc23)NC(=O)C2CCCNC2)cc1. The average molecular weight is 602 g/mol. The molecule has 9 heteroatoms. The Hall–Kier alpha value is -4.89. The summed E-state index contributed by atoms with van der Waals surface area (Å²) in [7, 11) is 1.68. The summed E-state index contributed by atoms with van der Waals surface area (Å²) in [6.45, 7) is 2.24. The number of ether oxygens (including phenoxy) is 1. The van der Waals surface area contributed by atoms with Crippen molar-refractivity contribution in [3.05, 3.63) is 114 Å². The second-order valence-corrected chi connectivity index (χ2v) is 11.9. The summed E-state index contributed by atoms with van der Waals surface area (Å²) in [4.78, 5) is 20.5. The van der Waals surface area contributed by atoms with Gasteiger partial charge in [-0.15, -0.1) is 10.2 Å². The smallest absolute Gasteiger partial charge is 0.224 e. The van der Waals surface area contributed by atoms with Crippen molar-refractivity contribution >= 4 is 27.7 Å². The molecule has 1 aliphatic rings. The van der Waals surface area contributed by atoms with Gasteiger partial charge in [-0.1, -0.05) is 48.5 Å². The Morgan fingerprint density at radius 3 is 2.36 bits per heavy atom. The highest BCUT2D eigenvalue weighted by Gasteiger charge is 2.28. The first-order valence-corrected chi connectivity index (χ1v) is 15.8. The molecule has 2 atom stereocenters. The van der Waals surface area contributed by atoms with Crippen LogP contribution in [0.15, 0.2) is 85.2 Å². The van der Waals surface area contributed by atoms with Crippen molar-refractivity contribution in [2.45, 2.75) is 44.7 Å². The third-order valence-electron chi connectivity index (χ3n) is 9.04. The molecule has 1 unspecified atom stereocenters. The van der Waals surface area contributed by atoms with E-state index in [1.165, 1.54) is 10.9 Å². The molecule has 3 aromatic carbocycles. The van der Waals surface area contributed by atoms with E-state index in [-0.39, 0.29) is 17.9 Å². The van der Waals surface area contributed by atoms with Crippen LogP contribution in [-0.2, 0) is 30.6 Å². The summed E-state index contributed by atoms with van der Waals surface area (Å²) in [6.07, 6.45) is 8.15. The van der Waals surface area contributed by atoms with E-state index in [9.17, 15) is 4.79 Å². The molecule has 6 aromatic rings. The minimum atomic E-state index is -0.355. The summed E-state index contributed by atoms with van der Waals surface area (Å²) in [6, 6.07) is 24.4. The molecule has 7 rings (SSSR count). The molecule has 45 heavy (non-hydrogen) atoms. The minimum absolute atomic E-state index is 0.0615. The summed E-state index contributed by atoms with van der Waals surface area (Å²) in [5, 5.41) is 18.8. The van der Waals surface area contributed by atoms with Gasteiger partial charge in [0, 0.05) is 53.6 Å². The predicted molar refractivity (Wildman–Crippen MR) is 176 cm³/mol. The fourth-order valence-corrected chi connectivity index (χ4v) is 6.56. The Balaban J connectivity index is 1.25. The number of amides is 1. The summed E-state index contributed by atoms with van der Waals surface area (Å²) in [5.41, 5.74) is 5.70. The van der Waals surface area contributed by atoms with Crippen molar-refractivity contribution in [1.82, 2.24) is 35.4 Å². The maximum atomic E-state index is 13.7. The van der Waals surface area contributed by atoms with E-state index >= 15 is 0 Å². The number of hydrogen-bond acceptors (Lipinski definition) is 5. The number of methoxy groups -OCH3 is 1. The standard InChI is InChI=1S/C36H39N7O2/c1-45-28-15-12-24(13-16-28)23-43-34(17-14-25-21-38-31-10-4-2-8-29(25)31)41-42-35(43)33(40-36(44)26-7-6-18-37-20-26)19-27-22-39-32-11-5-3-9-30(27)32/h2-5,8-13,15-16,21-22,26,33,37-39H,6-7,14,17-20,23H2,1H3,(H,40,44)/t26?,33-/m1/s1. The monoisotopic (exact) mass is 601 g/mol. The predicted octanol–water partition coefficient (Wildman–Crippen LogP) is 5.48. The van der Waals surface area contributed by atoms with E-state index in [4.69, 9.17) is 14.9 Å². The molecule has 1 aliphatic heterocycles. The number of rotatable bonds is 11. The number of piperidine rings is 1. The van der Waals surface area contributed by atoms with Crippen molar-refractivity contribution in [2.75, 3.05) is 20.2 Å². The maximum absolute atomic E-state index is 13.7. The fourth-order valence-electron chi connectivity index (χ4n) is 6.56. The number of nitrogens with one attached hydrogen (secondary N) is 4. The van der Waals surface area contributed by atoms with Crippen molar-refractivity contribution in [1.29, 1.82) is 0 Å². The van der Waals surface area contributed by atoms with E-state index in [1.807, 2.05) is 30.5 Å². The first kappa shape index (κ1) is 28.9. The molecular formula is C36H39N7O2. The number of hydrogen-bond donors (Lipinski definition) is 4. The molecule has 9 nitrogen and oxygen atoms in total. The van der Waals surface area contributed by atoms with Crippen LogP contribution in [0.5, 0.6) is 5.75 Å². The topological polar surface area (TPSA) is 113 Å². The molecule has 1 amide bonds. The lowest BCUT2D eigenvalue weighted by Crippen LogP contribution is -2.42. The van der Waals surface area contributed by atoms with Gasteiger partial charge < -0.3 is 29.9 Å². The average Bonchev–Trinajstić information content (AvgIpc) is 3.81. The number of aryl methyl sites for hydroxylation is 2. The molecule has 0 saturated carbocycles. The van der Waals surface area contributed by atoms with Crippen LogP contribution in [-0.4, -0.2) is 50.8 Å². The highest BCUT2D eigenvalue weighted by molar-refractivity contribution is 5.84. The minimum Gasteiger partial charge on any atom is -0.497 e. The van der Waals surface area contributed by atoms with Crippen LogP contribution in [0.1, 0.15) is 47.2 Å². The van der Waals surface area contributed by atoms with Crippen LogP contribution in [0.3, 0.4) is 0 Å². The molecular weight excluding hydrogens is 562 g/mol. The Bertz CT molecular complexity index is 1900. The Labute approximate surface area is 262 Å². The Kier molecular flexibility index (Phi) is 8.33. The lowest BCUT2D eigenvalue weighted by Gasteiger charge is -2.26. The van der Waals surface area contributed by atoms with Gasteiger partial charge in [0.15, 0.2) is 5.82 Å². The molecule has 230 valence electrons. The van der Waals surface area contributed by atoms with E-state index in [2.05, 4.69) is 79.9 Å².